The lowest BCUT2D eigenvalue weighted by molar-refractivity contribution is -0.274. The van der Waals surface area contributed by atoms with Gasteiger partial charge in [-0.3, -0.25) is 9.59 Å². The van der Waals surface area contributed by atoms with Gasteiger partial charge in [-0.2, -0.15) is 13.2 Å². The van der Waals surface area contributed by atoms with Crippen molar-refractivity contribution < 1.29 is 40.7 Å². The van der Waals surface area contributed by atoms with Crippen LogP contribution in [-0.4, -0.2) is 24.7 Å². The molecule has 0 saturated carbocycles. The number of hydrogen-bond donors (Lipinski definition) is 1. The van der Waals surface area contributed by atoms with Crippen molar-refractivity contribution in [3.05, 3.63) is 69.9 Å². The molecule has 1 N–H and O–H groups in total. The minimum atomic E-state index is -4.85. The lowest BCUT2D eigenvalue weighted by atomic mass is 9.86. The standard InChI is InChI=1S/C26H23ClF6N2O3/c1-24(2)19-12-17(38-26(31,32)33)8-10-21(19)35(23(24)37)13-14-3-6-16(7-4-14)34-22(36)18-11-15(25(28,29)30)5-9-20(18)27/h5-6,8-12,14H,3-4,7,13H2,1-2H3,(H,34,36). The molecule has 0 aromatic heterocycles. The second-order valence-corrected chi connectivity index (χ2v) is 10.2. The van der Waals surface area contributed by atoms with Gasteiger partial charge in [-0.15, -0.1) is 13.2 Å². The number of fused-ring (bicyclic) bond motifs is 1. The third-order valence-corrected chi connectivity index (χ3v) is 7.05. The van der Waals surface area contributed by atoms with Crippen LogP contribution < -0.4 is 15.0 Å². The molecule has 0 radical (unpaired) electrons. The maximum absolute atomic E-state index is 13.1. The number of alkyl halides is 6. The number of hydrogen-bond acceptors (Lipinski definition) is 3. The smallest absolute Gasteiger partial charge is 0.406 e. The molecular formula is C26H23ClF6N2O3. The summed E-state index contributed by atoms with van der Waals surface area (Å²) in [4.78, 5) is 27.3. The predicted octanol–water partition coefficient (Wildman–Crippen LogP) is 7.00. The minimum Gasteiger partial charge on any atom is -0.406 e. The van der Waals surface area contributed by atoms with Gasteiger partial charge in [0.2, 0.25) is 5.91 Å². The summed E-state index contributed by atoms with van der Waals surface area (Å²) in [6, 6.07) is 6.36. The molecule has 1 unspecified atom stereocenters. The molecule has 2 aromatic rings. The Morgan fingerprint density at radius 1 is 1.13 bits per heavy atom. The van der Waals surface area contributed by atoms with Gasteiger partial charge in [-0.1, -0.05) is 17.7 Å². The Balaban J connectivity index is 1.44. The molecule has 12 heteroatoms. The molecule has 204 valence electrons. The first-order valence-electron chi connectivity index (χ1n) is 11.7. The van der Waals surface area contributed by atoms with Crippen molar-refractivity contribution in [2.45, 2.75) is 51.1 Å². The Kier molecular flexibility index (Phi) is 7.20. The highest BCUT2D eigenvalue weighted by Crippen LogP contribution is 2.44. The molecule has 1 aliphatic heterocycles. The van der Waals surface area contributed by atoms with Crippen LogP contribution in [0.5, 0.6) is 5.75 Å². The van der Waals surface area contributed by atoms with E-state index in [1.54, 1.807) is 24.8 Å². The molecule has 0 spiro atoms. The van der Waals surface area contributed by atoms with E-state index in [4.69, 9.17) is 11.6 Å². The van der Waals surface area contributed by atoms with E-state index in [1.165, 1.54) is 18.2 Å². The van der Waals surface area contributed by atoms with Crippen molar-refractivity contribution in [3.63, 3.8) is 0 Å². The van der Waals surface area contributed by atoms with Gasteiger partial charge in [0.05, 0.1) is 21.6 Å². The SMILES string of the molecule is CC1(C)C(=O)N(CC2CC=C(NC(=O)c3cc(C(F)(F)F)ccc3Cl)CC2)c2ccc(OC(F)(F)F)cc21. The molecule has 38 heavy (non-hydrogen) atoms. The Morgan fingerprint density at radius 3 is 2.45 bits per heavy atom. The van der Waals surface area contributed by atoms with Crippen LogP contribution in [0.15, 0.2) is 48.2 Å². The van der Waals surface area contributed by atoms with Crippen molar-refractivity contribution in [1.29, 1.82) is 0 Å². The number of benzene rings is 2. The van der Waals surface area contributed by atoms with E-state index in [9.17, 15) is 35.9 Å². The van der Waals surface area contributed by atoms with Crippen LogP contribution in [0, 0.1) is 5.92 Å². The third-order valence-electron chi connectivity index (χ3n) is 6.72. The molecule has 4 rings (SSSR count). The number of carbonyl (C=O) groups is 2. The molecule has 1 atom stereocenters. The third kappa shape index (κ3) is 5.77. The lowest BCUT2D eigenvalue weighted by Gasteiger charge is -2.28. The van der Waals surface area contributed by atoms with E-state index in [1.807, 2.05) is 0 Å². The van der Waals surface area contributed by atoms with Gasteiger partial charge in [0.25, 0.3) is 5.91 Å². The minimum absolute atomic E-state index is 0.00963. The number of amides is 2. The van der Waals surface area contributed by atoms with Crippen molar-refractivity contribution >= 4 is 29.1 Å². The number of allylic oxidation sites excluding steroid dienone is 2. The Bertz CT molecular complexity index is 1300. The van der Waals surface area contributed by atoms with E-state index >= 15 is 0 Å². The van der Waals surface area contributed by atoms with Crippen molar-refractivity contribution in [3.8, 4) is 5.75 Å². The average Bonchev–Trinajstić information content (AvgIpc) is 2.99. The van der Waals surface area contributed by atoms with Crippen molar-refractivity contribution in [2.24, 2.45) is 5.92 Å². The fraction of sp³-hybridized carbons (Fsp3) is 0.385. The summed E-state index contributed by atoms with van der Waals surface area (Å²) >= 11 is 5.95. The molecule has 0 fully saturated rings. The predicted molar refractivity (Wildman–Crippen MR) is 128 cm³/mol. The van der Waals surface area contributed by atoms with Gasteiger partial charge in [-0.25, -0.2) is 0 Å². The molecule has 1 aliphatic carbocycles. The van der Waals surface area contributed by atoms with Crippen LogP contribution in [-0.2, 0) is 16.4 Å². The second kappa shape index (κ2) is 9.83. The number of ether oxygens (including phenoxy) is 1. The summed E-state index contributed by atoms with van der Waals surface area (Å²) in [5.74, 6) is -1.42. The first-order chi connectivity index (χ1) is 17.6. The van der Waals surface area contributed by atoms with Gasteiger partial charge in [0, 0.05) is 17.9 Å². The van der Waals surface area contributed by atoms with Crippen LogP contribution >= 0.6 is 11.6 Å². The van der Waals surface area contributed by atoms with Crippen LogP contribution in [0.25, 0.3) is 0 Å². The summed E-state index contributed by atoms with van der Waals surface area (Å²) < 4.78 is 81.0. The second-order valence-electron chi connectivity index (χ2n) is 9.78. The Morgan fingerprint density at radius 2 is 1.84 bits per heavy atom. The van der Waals surface area contributed by atoms with Crippen molar-refractivity contribution in [2.75, 3.05) is 11.4 Å². The summed E-state index contributed by atoms with van der Waals surface area (Å²) in [5.41, 5.74) is -0.852. The van der Waals surface area contributed by atoms with Gasteiger partial charge >= 0.3 is 12.5 Å². The van der Waals surface area contributed by atoms with E-state index in [0.717, 1.165) is 12.1 Å². The van der Waals surface area contributed by atoms with Crippen LogP contribution in [0.3, 0.4) is 0 Å². The summed E-state index contributed by atoms with van der Waals surface area (Å²) in [6.07, 6.45) is -6.28. The maximum Gasteiger partial charge on any atom is 0.573 e. The van der Waals surface area contributed by atoms with Gasteiger partial charge in [-0.05, 0) is 81.0 Å². The lowest BCUT2D eigenvalue weighted by Crippen LogP contribution is -2.39. The Labute approximate surface area is 219 Å². The number of halogens is 7. The zero-order valence-electron chi connectivity index (χ0n) is 20.3. The van der Waals surface area contributed by atoms with E-state index < -0.39 is 35.2 Å². The molecule has 2 aromatic carbocycles. The fourth-order valence-electron chi connectivity index (χ4n) is 4.71. The molecule has 2 aliphatic rings. The zero-order chi connectivity index (χ0) is 28.0. The highest BCUT2D eigenvalue weighted by Gasteiger charge is 2.45. The normalized spacial score (nSPS) is 19.2. The highest BCUT2D eigenvalue weighted by molar-refractivity contribution is 6.33. The number of nitrogens with zero attached hydrogens (tertiary/aromatic N) is 1. The average molecular weight is 561 g/mol. The van der Waals surface area contributed by atoms with Gasteiger partial charge < -0.3 is 15.0 Å². The first-order valence-corrected chi connectivity index (χ1v) is 12.0. The summed E-state index contributed by atoms with van der Waals surface area (Å²) in [6.45, 7) is 3.59. The molecule has 0 saturated heterocycles. The quantitative estimate of drug-likeness (QED) is 0.401. The zero-order valence-corrected chi connectivity index (χ0v) is 21.0. The largest absolute Gasteiger partial charge is 0.573 e. The summed E-state index contributed by atoms with van der Waals surface area (Å²) in [7, 11) is 0. The van der Waals surface area contributed by atoms with Gasteiger partial charge in [0.1, 0.15) is 5.75 Å². The fourth-order valence-corrected chi connectivity index (χ4v) is 4.91. The van der Waals surface area contributed by atoms with Crippen LogP contribution in [0.2, 0.25) is 5.02 Å². The van der Waals surface area contributed by atoms with Crippen LogP contribution in [0.4, 0.5) is 32.0 Å². The molecule has 2 amide bonds. The molecule has 0 bridgehead atoms. The van der Waals surface area contributed by atoms with Gasteiger partial charge in [0.15, 0.2) is 0 Å². The number of anilines is 1. The topological polar surface area (TPSA) is 58.6 Å². The van der Waals surface area contributed by atoms with E-state index in [-0.39, 0.29) is 22.4 Å². The number of nitrogens with one attached hydrogen (secondary N) is 1. The molecule has 1 heterocycles. The van der Waals surface area contributed by atoms with E-state index in [0.29, 0.717) is 48.8 Å². The summed E-state index contributed by atoms with van der Waals surface area (Å²) in [5, 5.41) is 2.51. The number of carbonyl (C=O) groups excluding carboxylic acids is 2. The highest BCUT2D eigenvalue weighted by atomic mass is 35.5. The molecule has 5 nitrogen and oxygen atoms in total. The van der Waals surface area contributed by atoms with E-state index in [2.05, 4.69) is 10.1 Å². The number of rotatable bonds is 5. The Hall–Kier alpha value is -3.21. The maximum atomic E-state index is 13.1. The van der Waals surface area contributed by atoms with Crippen LogP contribution in [0.1, 0.15) is 54.6 Å². The molecular weight excluding hydrogens is 538 g/mol. The van der Waals surface area contributed by atoms with Crippen molar-refractivity contribution in [1.82, 2.24) is 5.32 Å². The monoisotopic (exact) mass is 560 g/mol. The first kappa shape index (κ1) is 27.8.